The van der Waals surface area contributed by atoms with E-state index < -0.39 is 49.7 Å². The topological polar surface area (TPSA) is 77.5 Å². The summed E-state index contributed by atoms with van der Waals surface area (Å²) in [5.41, 5.74) is -1.51. The van der Waals surface area contributed by atoms with Gasteiger partial charge in [0.2, 0.25) is 21.7 Å². The van der Waals surface area contributed by atoms with Gasteiger partial charge in [-0.05, 0) is 31.2 Å². The summed E-state index contributed by atoms with van der Waals surface area (Å²) in [6, 6.07) is 4.98. The Kier molecular flexibility index (Phi) is 6.88. The Balaban J connectivity index is 1.99. The van der Waals surface area contributed by atoms with Gasteiger partial charge in [0.15, 0.2) is 11.6 Å². The summed E-state index contributed by atoms with van der Waals surface area (Å²) in [7, 11) is -3.27. The van der Waals surface area contributed by atoms with Crippen LogP contribution in [0.2, 0.25) is 5.02 Å². The first-order valence-corrected chi connectivity index (χ1v) is 11.3. The lowest BCUT2D eigenvalue weighted by molar-refractivity contribution is -0.0949. The van der Waals surface area contributed by atoms with E-state index in [1.54, 1.807) is 0 Å². The van der Waals surface area contributed by atoms with E-state index in [0.717, 1.165) is 37.4 Å². The molecule has 0 spiro atoms. The van der Waals surface area contributed by atoms with Crippen molar-refractivity contribution in [2.45, 2.75) is 24.3 Å². The van der Waals surface area contributed by atoms with E-state index in [4.69, 9.17) is 32.7 Å². The van der Waals surface area contributed by atoms with Crippen molar-refractivity contribution in [2.24, 2.45) is 0 Å². The number of para-hydroxylation sites is 1. The first kappa shape index (κ1) is 25.1. The zero-order chi connectivity index (χ0) is 24.6. The van der Waals surface area contributed by atoms with Crippen molar-refractivity contribution in [1.82, 2.24) is 4.98 Å². The highest BCUT2D eigenvalue weighted by Gasteiger charge is 2.47. The first-order chi connectivity index (χ1) is 15.3. The number of nitrogens with one attached hydrogen (secondary N) is 1. The molecular weight excluding hydrogens is 511 g/mol. The van der Waals surface area contributed by atoms with Crippen molar-refractivity contribution in [2.75, 3.05) is 11.8 Å². The lowest BCUT2D eigenvalue weighted by Gasteiger charge is -2.31. The number of pyridine rings is 1. The Morgan fingerprint density at radius 3 is 2.58 bits per heavy atom. The van der Waals surface area contributed by atoms with Crippen LogP contribution in [0, 0.1) is 5.82 Å². The molecule has 1 heterocycles. The summed E-state index contributed by atoms with van der Waals surface area (Å²) in [5.74, 6) is -1.61. The number of sulfonamides is 1. The highest BCUT2D eigenvalue weighted by molar-refractivity contribution is 7.94. The molecule has 1 N–H and O–H groups in total. The van der Waals surface area contributed by atoms with Crippen LogP contribution >= 0.6 is 23.2 Å². The number of nitrogens with zero attached hydrogens (tertiary/aromatic N) is 1. The Labute approximate surface area is 196 Å². The number of benzene rings is 1. The van der Waals surface area contributed by atoms with Crippen LogP contribution in [-0.2, 0) is 10.0 Å². The van der Waals surface area contributed by atoms with E-state index in [1.807, 2.05) is 0 Å². The molecule has 178 valence electrons. The largest absolute Gasteiger partial charge is 0.493 e. The zero-order valence-corrected chi connectivity index (χ0v) is 19.3. The molecule has 1 unspecified atom stereocenters. The molecule has 0 fully saturated rings. The van der Waals surface area contributed by atoms with Gasteiger partial charge in [0, 0.05) is 17.6 Å². The Morgan fingerprint density at radius 1 is 1.24 bits per heavy atom. The van der Waals surface area contributed by atoms with E-state index >= 15 is 0 Å². The van der Waals surface area contributed by atoms with Crippen LogP contribution in [-0.4, -0.2) is 31.4 Å². The fourth-order valence-corrected chi connectivity index (χ4v) is 4.60. The summed E-state index contributed by atoms with van der Waals surface area (Å²) in [6.07, 6.45) is -2.72. The van der Waals surface area contributed by atoms with Gasteiger partial charge in [-0.3, -0.25) is 4.72 Å². The molecule has 1 aromatic carbocycles. The summed E-state index contributed by atoms with van der Waals surface area (Å²) in [6.45, 7) is 1.10. The predicted octanol–water partition coefficient (Wildman–Crippen LogP) is 6.19. The van der Waals surface area contributed by atoms with E-state index in [2.05, 4.69) is 9.71 Å². The van der Waals surface area contributed by atoms with Crippen LogP contribution in [0.1, 0.15) is 13.3 Å². The van der Waals surface area contributed by atoms with Gasteiger partial charge in [0.25, 0.3) is 0 Å². The fraction of sp³-hybridized carbons (Fsp3) is 0.250. The molecule has 1 aromatic heterocycles. The van der Waals surface area contributed by atoms with Gasteiger partial charge in [0.05, 0.1) is 17.7 Å². The normalized spacial score (nSPS) is 18.9. The number of rotatable bonds is 6. The van der Waals surface area contributed by atoms with Gasteiger partial charge in [0.1, 0.15) is 10.4 Å². The highest BCUT2D eigenvalue weighted by Crippen LogP contribution is 2.44. The minimum absolute atomic E-state index is 0.00247. The van der Waals surface area contributed by atoms with E-state index in [1.165, 1.54) is 19.2 Å². The molecular formula is C20H16Cl2F4N2O4S. The molecule has 13 heteroatoms. The quantitative estimate of drug-likeness (QED) is 0.454. The number of halogens is 6. The fourth-order valence-electron chi connectivity index (χ4n) is 2.95. The number of ether oxygens (including phenoxy) is 2. The molecule has 1 aliphatic rings. The van der Waals surface area contributed by atoms with Crippen LogP contribution < -0.4 is 14.2 Å². The van der Waals surface area contributed by atoms with Crippen LogP contribution in [0.15, 0.2) is 53.2 Å². The summed E-state index contributed by atoms with van der Waals surface area (Å²) in [5, 5.41) is -0.612. The molecule has 0 saturated carbocycles. The summed E-state index contributed by atoms with van der Waals surface area (Å²) < 4.78 is 91.2. The minimum atomic E-state index is -4.83. The number of allylic oxidation sites excluding steroid dienone is 3. The van der Waals surface area contributed by atoms with Crippen molar-refractivity contribution >= 4 is 38.9 Å². The first-order valence-electron chi connectivity index (χ1n) is 9.11. The maximum Gasteiger partial charge on any atom is 0.414 e. The highest BCUT2D eigenvalue weighted by atomic mass is 35.5. The smallest absolute Gasteiger partial charge is 0.414 e. The van der Waals surface area contributed by atoms with Crippen LogP contribution in [0.3, 0.4) is 0 Å². The summed E-state index contributed by atoms with van der Waals surface area (Å²) >= 11 is 11.6. The van der Waals surface area contributed by atoms with Gasteiger partial charge in [-0.15, -0.1) is 0 Å². The molecule has 0 radical (unpaired) electrons. The van der Waals surface area contributed by atoms with E-state index in [0.29, 0.717) is 0 Å². The number of hydrogen-bond acceptors (Lipinski definition) is 5. The predicted molar refractivity (Wildman–Crippen MR) is 116 cm³/mol. The second-order valence-corrected chi connectivity index (χ2v) is 10.1. The number of anilines is 1. The van der Waals surface area contributed by atoms with Gasteiger partial charge in [-0.25, -0.2) is 17.8 Å². The van der Waals surface area contributed by atoms with Gasteiger partial charge in [-0.2, -0.15) is 13.2 Å². The second-order valence-electron chi connectivity index (χ2n) is 7.13. The van der Waals surface area contributed by atoms with Crippen LogP contribution in [0.5, 0.6) is 17.4 Å². The van der Waals surface area contributed by atoms with Crippen molar-refractivity contribution in [3.05, 3.63) is 64.1 Å². The molecule has 6 nitrogen and oxygen atoms in total. The zero-order valence-electron chi connectivity index (χ0n) is 17.0. The standard InChI is InChI=1S/C20H16Cl2F4N2O4S/c1-19(7-6-13(22)12(9-19)20(24,25)26)33(29,30)28-15-8-11(21)10-27-18(15)32-17-14(23)4-3-5-16(17)31-2/h3-8,10,28H,9H2,1-2H3. The van der Waals surface area contributed by atoms with Gasteiger partial charge >= 0.3 is 6.18 Å². The van der Waals surface area contributed by atoms with Crippen molar-refractivity contribution in [1.29, 1.82) is 0 Å². The monoisotopic (exact) mass is 526 g/mol. The van der Waals surface area contributed by atoms with Crippen molar-refractivity contribution < 1.29 is 35.5 Å². The Hall–Kier alpha value is -2.50. The third-order valence-corrected chi connectivity index (χ3v) is 7.32. The average Bonchev–Trinajstić information content (AvgIpc) is 2.72. The van der Waals surface area contributed by atoms with Crippen molar-refractivity contribution in [3.63, 3.8) is 0 Å². The van der Waals surface area contributed by atoms with Crippen LogP contribution in [0.25, 0.3) is 0 Å². The third-order valence-electron chi connectivity index (χ3n) is 4.77. The molecule has 3 rings (SSSR count). The molecule has 2 aromatic rings. The third kappa shape index (κ3) is 5.20. The molecule has 1 atom stereocenters. The molecule has 0 saturated heterocycles. The maximum absolute atomic E-state index is 14.3. The number of methoxy groups -OCH3 is 1. The Bertz CT molecular complexity index is 1250. The SMILES string of the molecule is COc1cccc(F)c1Oc1ncc(Cl)cc1NS(=O)(=O)C1(C)C=CC(Cl)=C(C(F)(F)F)C1. The second kappa shape index (κ2) is 9.03. The lowest BCUT2D eigenvalue weighted by atomic mass is 9.94. The minimum Gasteiger partial charge on any atom is -0.493 e. The van der Waals surface area contributed by atoms with Gasteiger partial charge in [-0.1, -0.05) is 35.3 Å². The molecule has 1 aliphatic carbocycles. The number of aromatic nitrogens is 1. The maximum atomic E-state index is 14.3. The molecule has 0 amide bonds. The lowest BCUT2D eigenvalue weighted by Crippen LogP contribution is -2.41. The summed E-state index contributed by atoms with van der Waals surface area (Å²) in [4.78, 5) is 3.88. The number of hydrogen-bond donors (Lipinski definition) is 1. The molecule has 0 aliphatic heterocycles. The molecule has 33 heavy (non-hydrogen) atoms. The van der Waals surface area contributed by atoms with E-state index in [9.17, 15) is 26.0 Å². The Morgan fingerprint density at radius 2 is 1.94 bits per heavy atom. The van der Waals surface area contributed by atoms with Crippen LogP contribution in [0.4, 0.5) is 23.2 Å². The van der Waals surface area contributed by atoms with Gasteiger partial charge < -0.3 is 9.47 Å². The van der Waals surface area contributed by atoms with Crippen molar-refractivity contribution in [3.8, 4) is 17.4 Å². The number of alkyl halides is 3. The molecule has 0 bridgehead atoms. The van der Waals surface area contributed by atoms with E-state index in [-0.39, 0.29) is 22.2 Å². The average molecular weight is 527 g/mol.